The van der Waals surface area contributed by atoms with Gasteiger partial charge < -0.3 is 16.0 Å². The summed E-state index contributed by atoms with van der Waals surface area (Å²) in [6.45, 7) is 2.63. The number of nitrogens with two attached hydrogens (primary N) is 1. The summed E-state index contributed by atoms with van der Waals surface area (Å²) < 4.78 is 0. The predicted molar refractivity (Wildman–Crippen MR) is 123 cm³/mol. The molecule has 0 spiro atoms. The van der Waals surface area contributed by atoms with Gasteiger partial charge in [-0.25, -0.2) is 0 Å². The van der Waals surface area contributed by atoms with Crippen LogP contribution in [0, 0.1) is 0 Å². The van der Waals surface area contributed by atoms with E-state index >= 15 is 0 Å². The maximum Gasteiger partial charge on any atom is 0.238 e. The molecule has 0 aliphatic carbocycles. The summed E-state index contributed by atoms with van der Waals surface area (Å²) in [5, 5.41) is 3.50. The average molecular weight is 461 g/mol. The lowest BCUT2D eigenvalue weighted by Gasteiger charge is -2.34. The van der Waals surface area contributed by atoms with Crippen LogP contribution in [0.15, 0.2) is 53.4 Å². The second-order valence-electron chi connectivity index (χ2n) is 7.22. The van der Waals surface area contributed by atoms with Gasteiger partial charge in [0.25, 0.3) is 0 Å². The van der Waals surface area contributed by atoms with E-state index in [1.807, 2.05) is 46.2 Å². The number of rotatable bonds is 8. The van der Waals surface area contributed by atoms with Gasteiger partial charge in [-0.2, -0.15) is 0 Å². The van der Waals surface area contributed by atoms with Crippen molar-refractivity contribution in [2.24, 2.45) is 5.73 Å². The Morgan fingerprint density at radius 2 is 1.68 bits per heavy atom. The molecule has 0 saturated carbocycles. The molecule has 3 rings (SSSR count). The number of carbonyl (C=O) groups is 3. The summed E-state index contributed by atoms with van der Waals surface area (Å²) in [7, 11) is 0. The highest BCUT2D eigenvalue weighted by Crippen LogP contribution is 2.26. The van der Waals surface area contributed by atoms with E-state index in [0.717, 1.165) is 10.5 Å². The molecule has 3 amide bonds. The third kappa shape index (κ3) is 6.99. The lowest BCUT2D eigenvalue weighted by molar-refractivity contribution is -0.132. The highest BCUT2D eigenvalue weighted by atomic mass is 35.5. The number of nitrogens with zero attached hydrogens (tertiary/aromatic N) is 2. The van der Waals surface area contributed by atoms with Gasteiger partial charge >= 0.3 is 0 Å². The van der Waals surface area contributed by atoms with Crippen LogP contribution in [0.25, 0.3) is 0 Å². The van der Waals surface area contributed by atoms with E-state index in [4.69, 9.17) is 17.3 Å². The number of carbonyl (C=O) groups excluding carboxylic acids is 3. The minimum Gasteiger partial charge on any atom is -0.369 e. The van der Waals surface area contributed by atoms with E-state index in [-0.39, 0.29) is 30.5 Å². The molecule has 1 saturated heterocycles. The summed E-state index contributed by atoms with van der Waals surface area (Å²) in [6, 6.07) is 14.7. The number of hydrogen-bond acceptors (Lipinski definition) is 5. The SMILES string of the molecule is NC(=O)CSc1ccccc1NC(=O)CN1CCN(C(=O)Cc2ccccc2Cl)CC1. The molecule has 0 radical (unpaired) electrons. The van der Waals surface area contributed by atoms with Gasteiger partial charge in [-0.15, -0.1) is 11.8 Å². The third-order valence-electron chi connectivity index (χ3n) is 4.92. The molecule has 2 aromatic rings. The van der Waals surface area contributed by atoms with Crippen molar-refractivity contribution in [2.75, 3.05) is 43.8 Å². The highest BCUT2D eigenvalue weighted by Gasteiger charge is 2.23. The quantitative estimate of drug-likeness (QED) is 0.589. The second kappa shape index (κ2) is 11.2. The van der Waals surface area contributed by atoms with Crippen LogP contribution in [0.5, 0.6) is 0 Å². The molecule has 1 aliphatic rings. The number of anilines is 1. The normalized spacial score (nSPS) is 14.3. The van der Waals surface area contributed by atoms with Crippen molar-refractivity contribution in [1.29, 1.82) is 0 Å². The first-order valence-electron chi connectivity index (χ1n) is 9.96. The fraction of sp³-hybridized carbons (Fsp3) is 0.318. The second-order valence-corrected chi connectivity index (χ2v) is 8.65. The molecule has 0 aromatic heterocycles. The maximum atomic E-state index is 12.6. The van der Waals surface area contributed by atoms with Gasteiger partial charge in [0.1, 0.15) is 0 Å². The van der Waals surface area contributed by atoms with E-state index in [1.54, 1.807) is 12.1 Å². The van der Waals surface area contributed by atoms with E-state index in [0.29, 0.717) is 36.9 Å². The molecule has 164 valence electrons. The van der Waals surface area contributed by atoms with Crippen molar-refractivity contribution in [2.45, 2.75) is 11.3 Å². The van der Waals surface area contributed by atoms with Crippen molar-refractivity contribution in [3.8, 4) is 0 Å². The maximum absolute atomic E-state index is 12.6. The number of amides is 3. The number of benzene rings is 2. The van der Waals surface area contributed by atoms with Gasteiger partial charge in [0, 0.05) is 36.1 Å². The van der Waals surface area contributed by atoms with Crippen LogP contribution in [0.2, 0.25) is 5.02 Å². The summed E-state index contributed by atoms with van der Waals surface area (Å²) in [4.78, 5) is 40.8. The number of thioether (sulfide) groups is 1. The first kappa shape index (κ1) is 23.1. The van der Waals surface area contributed by atoms with Crippen LogP contribution in [-0.4, -0.2) is 66.0 Å². The number of nitrogens with one attached hydrogen (secondary N) is 1. The zero-order valence-corrected chi connectivity index (χ0v) is 18.6. The fourth-order valence-electron chi connectivity index (χ4n) is 3.31. The number of hydrogen-bond donors (Lipinski definition) is 2. The van der Waals surface area contributed by atoms with Crippen LogP contribution >= 0.6 is 23.4 Å². The van der Waals surface area contributed by atoms with Gasteiger partial charge in [-0.3, -0.25) is 19.3 Å². The monoisotopic (exact) mass is 460 g/mol. The van der Waals surface area contributed by atoms with Gasteiger partial charge in [0.2, 0.25) is 17.7 Å². The van der Waals surface area contributed by atoms with Crippen LogP contribution < -0.4 is 11.1 Å². The first-order valence-corrected chi connectivity index (χ1v) is 11.3. The van der Waals surface area contributed by atoms with Crippen molar-refractivity contribution in [3.05, 3.63) is 59.1 Å². The third-order valence-corrected chi connectivity index (χ3v) is 6.39. The highest BCUT2D eigenvalue weighted by molar-refractivity contribution is 8.00. The molecule has 3 N–H and O–H groups in total. The minimum atomic E-state index is -0.409. The molecule has 9 heteroatoms. The number of para-hydroxylation sites is 1. The number of piperazine rings is 1. The van der Waals surface area contributed by atoms with Crippen LogP contribution in [0.1, 0.15) is 5.56 Å². The minimum absolute atomic E-state index is 0.0394. The summed E-state index contributed by atoms with van der Waals surface area (Å²) in [5.41, 5.74) is 6.69. The Balaban J connectivity index is 1.47. The number of halogens is 1. The molecule has 0 unspecified atom stereocenters. The molecule has 1 fully saturated rings. The van der Waals surface area contributed by atoms with Crippen molar-refractivity contribution < 1.29 is 14.4 Å². The van der Waals surface area contributed by atoms with Crippen LogP contribution in [0.4, 0.5) is 5.69 Å². The van der Waals surface area contributed by atoms with E-state index in [9.17, 15) is 14.4 Å². The Morgan fingerprint density at radius 1 is 1.00 bits per heavy atom. The van der Waals surface area contributed by atoms with Crippen molar-refractivity contribution in [1.82, 2.24) is 9.80 Å². The van der Waals surface area contributed by atoms with Gasteiger partial charge in [0.15, 0.2) is 0 Å². The van der Waals surface area contributed by atoms with Gasteiger partial charge in [-0.05, 0) is 23.8 Å². The summed E-state index contributed by atoms with van der Waals surface area (Å²) in [6.07, 6.45) is 0.278. The first-order chi connectivity index (χ1) is 14.9. The van der Waals surface area contributed by atoms with Gasteiger partial charge in [0.05, 0.1) is 24.4 Å². The van der Waals surface area contributed by atoms with Crippen LogP contribution in [-0.2, 0) is 20.8 Å². The van der Waals surface area contributed by atoms with E-state index in [1.165, 1.54) is 11.8 Å². The molecular formula is C22H25ClN4O3S. The molecular weight excluding hydrogens is 436 g/mol. The summed E-state index contributed by atoms with van der Waals surface area (Å²) >= 11 is 7.44. The van der Waals surface area contributed by atoms with E-state index < -0.39 is 5.91 Å². The Morgan fingerprint density at radius 3 is 2.39 bits per heavy atom. The zero-order valence-electron chi connectivity index (χ0n) is 17.1. The topological polar surface area (TPSA) is 95.7 Å². The van der Waals surface area contributed by atoms with Gasteiger partial charge in [-0.1, -0.05) is 41.9 Å². The largest absolute Gasteiger partial charge is 0.369 e. The molecule has 2 aromatic carbocycles. The smallest absolute Gasteiger partial charge is 0.238 e. The van der Waals surface area contributed by atoms with Crippen LogP contribution in [0.3, 0.4) is 0 Å². The molecule has 0 bridgehead atoms. The molecule has 7 nitrogen and oxygen atoms in total. The molecule has 0 atom stereocenters. The lowest BCUT2D eigenvalue weighted by Crippen LogP contribution is -2.50. The zero-order chi connectivity index (χ0) is 22.2. The molecule has 1 aliphatic heterocycles. The van der Waals surface area contributed by atoms with E-state index in [2.05, 4.69) is 5.32 Å². The Kier molecular flexibility index (Phi) is 8.34. The molecule has 31 heavy (non-hydrogen) atoms. The lowest BCUT2D eigenvalue weighted by atomic mass is 10.1. The molecule has 1 heterocycles. The van der Waals surface area contributed by atoms with Crippen molar-refractivity contribution in [3.63, 3.8) is 0 Å². The fourth-order valence-corrected chi connectivity index (χ4v) is 4.26. The Labute approximate surface area is 190 Å². The van der Waals surface area contributed by atoms with Crippen molar-refractivity contribution >= 4 is 46.8 Å². The predicted octanol–water partition coefficient (Wildman–Crippen LogP) is 2.24. The Hall–Kier alpha value is -2.55. The Bertz CT molecular complexity index is 948. The number of primary amides is 1. The summed E-state index contributed by atoms with van der Waals surface area (Å²) in [5.74, 6) is -0.356. The average Bonchev–Trinajstić information content (AvgIpc) is 2.75. The standard InChI is InChI=1S/C22H25ClN4O3S/c23-17-6-2-1-5-16(17)13-22(30)27-11-9-26(10-12-27)14-21(29)25-18-7-3-4-8-19(18)31-15-20(24)28/h1-8H,9-15H2,(H2,24,28)(H,25,29).